The number of ether oxygens (including phenoxy) is 1. The molecule has 0 radical (unpaired) electrons. The van der Waals surface area contributed by atoms with Gasteiger partial charge in [0, 0.05) is 6.07 Å². The van der Waals surface area contributed by atoms with Crippen molar-refractivity contribution in [2.75, 3.05) is 7.11 Å². The molecule has 0 aliphatic rings. The Hall–Kier alpha value is -2.90. The van der Waals surface area contributed by atoms with Gasteiger partial charge in [-0.15, -0.1) is 0 Å². The first-order valence-electron chi connectivity index (χ1n) is 5.48. The Morgan fingerprint density at radius 3 is 2.70 bits per heavy atom. The Morgan fingerprint density at radius 1 is 1.50 bits per heavy atom. The third kappa shape index (κ3) is 2.18. The number of nitro benzene ring substituents is 1. The predicted octanol–water partition coefficient (Wildman–Crippen LogP) is 2.27. The van der Waals surface area contributed by atoms with E-state index in [-0.39, 0.29) is 34.3 Å². The molecule has 0 bridgehead atoms. The largest absolute Gasteiger partial charge is 0.490 e. The van der Waals surface area contributed by atoms with Gasteiger partial charge < -0.3 is 14.3 Å². The van der Waals surface area contributed by atoms with Crippen LogP contribution in [0.1, 0.15) is 16.2 Å². The van der Waals surface area contributed by atoms with Crippen LogP contribution in [0.2, 0.25) is 0 Å². The summed E-state index contributed by atoms with van der Waals surface area (Å²) < 4.78 is 10.1. The van der Waals surface area contributed by atoms with E-state index >= 15 is 0 Å². The first-order chi connectivity index (χ1) is 9.45. The summed E-state index contributed by atoms with van der Waals surface area (Å²) in [7, 11) is 1.28. The summed E-state index contributed by atoms with van der Waals surface area (Å²) in [5, 5.41) is 19.8. The second-order valence-electron chi connectivity index (χ2n) is 3.85. The molecule has 0 fully saturated rings. The number of carbonyl (C=O) groups is 1. The molecule has 2 rings (SSSR count). The molecule has 0 aliphatic carbocycles. The van der Waals surface area contributed by atoms with Crippen LogP contribution in [0, 0.1) is 17.0 Å². The zero-order valence-electron chi connectivity index (χ0n) is 10.6. The second-order valence-corrected chi connectivity index (χ2v) is 3.85. The molecule has 1 heterocycles. The minimum Gasteiger partial charge on any atom is -0.490 e. The molecule has 0 spiro atoms. The van der Waals surface area contributed by atoms with Gasteiger partial charge in [0.25, 0.3) is 0 Å². The van der Waals surface area contributed by atoms with Gasteiger partial charge in [0.2, 0.25) is 17.4 Å². The van der Waals surface area contributed by atoms with E-state index in [0.29, 0.717) is 0 Å². The minimum atomic E-state index is -1.26. The van der Waals surface area contributed by atoms with Crippen LogP contribution >= 0.6 is 0 Å². The van der Waals surface area contributed by atoms with Crippen molar-refractivity contribution in [3.05, 3.63) is 39.8 Å². The van der Waals surface area contributed by atoms with Crippen molar-refractivity contribution >= 4 is 11.7 Å². The predicted molar refractivity (Wildman–Crippen MR) is 66.8 cm³/mol. The number of para-hydroxylation sites is 1. The Balaban J connectivity index is 2.64. The Bertz CT molecular complexity index is 691. The van der Waals surface area contributed by atoms with Gasteiger partial charge in [-0.2, -0.15) is 0 Å². The summed E-state index contributed by atoms with van der Waals surface area (Å²) in [5.74, 6) is -1.64. The number of nitro groups is 1. The molecule has 20 heavy (non-hydrogen) atoms. The molecule has 1 aromatic heterocycles. The van der Waals surface area contributed by atoms with Gasteiger partial charge in [-0.3, -0.25) is 10.1 Å². The van der Waals surface area contributed by atoms with Crippen molar-refractivity contribution in [3.8, 4) is 17.2 Å². The molecule has 0 saturated heterocycles. The number of aromatic nitrogens is 1. The number of benzene rings is 1. The van der Waals surface area contributed by atoms with Crippen LogP contribution in [-0.2, 0) is 0 Å². The maximum atomic E-state index is 10.9. The average molecular weight is 278 g/mol. The number of carboxylic acids is 1. The highest BCUT2D eigenvalue weighted by Crippen LogP contribution is 2.37. The fourth-order valence-corrected chi connectivity index (χ4v) is 1.76. The highest BCUT2D eigenvalue weighted by molar-refractivity contribution is 5.86. The zero-order chi connectivity index (χ0) is 14.9. The van der Waals surface area contributed by atoms with Crippen molar-refractivity contribution in [1.82, 2.24) is 4.98 Å². The van der Waals surface area contributed by atoms with Gasteiger partial charge in [0.15, 0.2) is 0 Å². The molecule has 0 atom stereocenters. The van der Waals surface area contributed by atoms with Gasteiger partial charge in [0.05, 0.1) is 23.3 Å². The quantitative estimate of drug-likeness (QED) is 0.673. The van der Waals surface area contributed by atoms with Gasteiger partial charge in [-0.05, 0) is 13.0 Å². The fraction of sp³-hybridized carbons (Fsp3) is 0.167. The number of hydrogen-bond donors (Lipinski definition) is 1. The minimum absolute atomic E-state index is 0.0318. The first-order valence-corrected chi connectivity index (χ1v) is 5.48. The van der Waals surface area contributed by atoms with E-state index < -0.39 is 10.9 Å². The first kappa shape index (κ1) is 13.5. The number of nitrogens with zero attached hydrogens (tertiary/aromatic N) is 2. The number of rotatable bonds is 4. The van der Waals surface area contributed by atoms with Gasteiger partial charge in [-0.25, -0.2) is 9.78 Å². The molecule has 1 N–H and O–H groups in total. The van der Waals surface area contributed by atoms with Crippen LogP contribution in [0.15, 0.2) is 22.6 Å². The Kier molecular flexibility index (Phi) is 3.38. The van der Waals surface area contributed by atoms with Crippen molar-refractivity contribution < 1.29 is 24.0 Å². The summed E-state index contributed by atoms with van der Waals surface area (Å²) in [6.07, 6.45) is 0. The molecule has 8 heteroatoms. The van der Waals surface area contributed by atoms with Crippen LogP contribution in [0.3, 0.4) is 0 Å². The lowest BCUT2D eigenvalue weighted by atomic mass is 10.1. The Morgan fingerprint density at radius 2 is 2.20 bits per heavy atom. The van der Waals surface area contributed by atoms with Crippen molar-refractivity contribution in [3.63, 3.8) is 0 Å². The van der Waals surface area contributed by atoms with Crippen molar-refractivity contribution in [1.29, 1.82) is 0 Å². The topological polar surface area (TPSA) is 116 Å². The van der Waals surface area contributed by atoms with E-state index in [1.807, 2.05) is 0 Å². The number of methoxy groups -OCH3 is 1. The molecular formula is C12H10N2O6. The lowest BCUT2D eigenvalue weighted by Gasteiger charge is -2.05. The standard InChI is InChI=1S/C12H10N2O6/c1-6-9(12(15)16)20-11(13-6)7-4-3-5-8(14(17)18)10(7)19-2/h3-5H,1-2H3,(H,15,16). The monoisotopic (exact) mass is 278 g/mol. The normalized spacial score (nSPS) is 10.3. The van der Waals surface area contributed by atoms with E-state index in [4.69, 9.17) is 14.3 Å². The maximum Gasteiger partial charge on any atom is 0.373 e. The lowest BCUT2D eigenvalue weighted by molar-refractivity contribution is -0.385. The van der Waals surface area contributed by atoms with E-state index in [0.717, 1.165) is 0 Å². The van der Waals surface area contributed by atoms with Gasteiger partial charge in [-0.1, -0.05) is 6.07 Å². The van der Waals surface area contributed by atoms with Gasteiger partial charge in [0.1, 0.15) is 0 Å². The van der Waals surface area contributed by atoms with E-state index in [2.05, 4.69) is 4.98 Å². The molecule has 0 amide bonds. The molecule has 0 saturated carbocycles. The van der Waals surface area contributed by atoms with E-state index in [1.165, 1.54) is 32.2 Å². The molecule has 0 aliphatic heterocycles. The highest BCUT2D eigenvalue weighted by atomic mass is 16.6. The second kappa shape index (κ2) is 5.00. The maximum absolute atomic E-state index is 10.9. The third-order valence-corrected chi connectivity index (χ3v) is 2.62. The number of aryl methyl sites for hydroxylation is 1. The van der Waals surface area contributed by atoms with Crippen molar-refractivity contribution in [2.45, 2.75) is 6.92 Å². The summed E-state index contributed by atoms with van der Waals surface area (Å²) in [6, 6.07) is 4.22. The van der Waals surface area contributed by atoms with Crippen molar-refractivity contribution in [2.24, 2.45) is 0 Å². The van der Waals surface area contributed by atoms with E-state index in [1.54, 1.807) is 0 Å². The van der Waals surface area contributed by atoms with Gasteiger partial charge >= 0.3 is 11.7 Å². The molecule has 2 aromatic rings. The Labute approximate surface area is 112 Å². The SMILES string of the molecule is COc1c(-c2nc(C)c(C(=O)O)o2)cccc1[N+](=O)[O-]. The number of carboxylic acid groups (broad SMARTS) is 1. The summed E-state index contributed by atoms with van der Waals surface area (Å²) in [4.78, 5) is 25.2. The lowest BCUT2D eigenvalue weighted by Crippen LogP contribution is -1.96. The average Bonchev–Trinajstić information content (AvgIpc) is 2.79. The van der Waals surface area contributed by atoms with Crippen LogP contribution in [0.4, 0.5) is 5.69 Å². The fourth-order valence-electron chi connectivity index (χ4n) is 1.76. The van der Waals surface area contributed by atoms with Crippen LogP contribution in [0.25, 0.3) is 11.5 Å². The summed E-state index contributed by atoms with van der Waals surface area (Å²) >= 11 is 0. The smallest absolute Gasteiger partial charge is 0.373 e. The molecule has 0 unspecified atom stereocenters. The number of hydrogen-bond acceptors (Lipinski definition) is 6. The van der Waals surface area contributed by atoms with E-state index in [9.17, 15) is 14.9 Å². The number of oxazole rings is 1. The molecular weight excluding hydrogens is 268 g/mol. The van der Waals surface area contributed by atoms with Crippen LogP contribution in [-0.4, -0.2) is 28.1 Å². The van der Waals surface area contributed by atoms with Crippen LogP contribution < -0.4 is 4.74 Å². The highest BCUT2D eigenvalue weighted by Gasteiger charge is 2.24. The summed E-state index contributed by atoms with van der Waals surface area (Å²) in [6.45, 7) is 1.47. The summed E-state index contributed by atoms with van der Waals surface area (Å²) in [5.41, 5.74) is 0.149. The van der Waals surface area contributed by atoms with Crippen LogP contribution in [0.5, 0.6) is 5.75 Å². The third-order valence-electron chi connectivity index (χ3n) is 2.62. The molecule has 8 nitrogen and oxygen atoms in total. The molecule has 1 aromatic carbocycles. The zero-order valence-corrected chi connectivity index (χ0v) is 10.6. The number of aromatic carboxylic acids is 1. The molecule has 104 valence electrons.